The number of non-ortho nitro benzene ring substituents is 1. The number of hydrogen-bond acceptors (Lipinski definition) is 9. The van der Waals surface area contributed by atoms with Gasteiger partial charge in [-0.25, -0.2) is 9.18 Å². The van der Waals surface area contributed by atoms with E-state index in [4.69, 9.17) is 15.2 Å². The normalized spacial score (nSPS) is 19.8. The van der Waals surface area contributed by atoms with Crippen LogP contribution in [0.5, 0.6) is 0 Å². The summed E-state index contributed by atoms with van der Waals surface area (Å²) >= 11 is 0. The summed E-state index contributed by atoms with van der Waals surface area (Å²) in [5.41, 5.74) is 8.20. The summed E-state index contributed by atoms with van der Waals surface area (Å²) in [6.45, 7) is 3.28. The molecule has 44 heavy (non-hydrogen) atoms. The number of anilines is 1. The number of Topliss-reactive ketones (excluding diaryl/α,β-unsaturated/α-hetero) is 1. The smallest absolute Gasteiger partial charge is 0.338 e. The highest BCUT2D eigenvalue weighted by molar-refractivity contribution is 6.14. The lowest BCUT2D eigenvalue weighted by atomic mass is 9.67. The molecule has 0 saturated heterocycles. The van der Waals surface area contributed by atoms with Gasteiger partial charge in [0.05, 0.1) is 35.3 Å². The molecule has 2 aliphatic rings. The first-order chi connectivity index (χ1) is 21.2. The molecule has 0 aromatic heterocycles. The lowest BCUT2D eigenvalue weighted by Gasteiger charge is -2.44. The second-order valence-corrected chi connectivity index (χ2v) is 10.3. The second kappa shape index (κ2) is 12.5. The first-order valence-electron chi connectivity index (χ1n) is 14.1. The van der Waals surface area contributed by atoms with Gasteiger partial charge >= 0.3 is 11.9 Å². The number of allylic oxidation sites excluding steroid dienone is 2. The Labute approximate surface area is 252 Å². The van der Waals surface area contributed by atoms with E-state index in [1.165, 1.54) is 47.4 Å². The van der Waals surface area contributed by atoms with Crippen LogP contribution in [0.3, 0.4) is 0 Å². The number of benzene rings is 3. The predicted octanol–water partition coefficient (Wildman–Crippen LogP) is 5.26. The first-order valence-corrected chi connectivity index (χ1v) is 14.1. The maximum absolute atomic E-state index is 14.7. The van der Waals surface area contributed by atoms with Crippen LogP contribution in [0, 0.1) is 21.8 Å². The summed E-state index contributed by atoms with van der Waals surface area (Å²) in [6, 6.07) is 20.0. The van der Waals surface area contributed by atoms with Gasteiger partial charge in [-0.15, -0.1) is 0 Å². The summed E-state index contributed by atoms with van der Waals surface area (Å²) in [5.74, 6) is -5.90. The Hall–Kier alpha value is -5.32. The molecule has 226 valence electrons. The van der Waals surface area contributed by atoms with Crippen LogP contribution in [0.2, 0.25) is 0 Å². The molecule has 3 aromatic rings. The Morgan fingerprint density at radius 3 is 2.27 bits per heavy atom. The Morgan fingerprint density at radius 1 is 0.977 bits per heavy atom. The van der Waals surface area contributed by atoms with Crippen molar-refractivity contribution in [1.82, 2.24) is 0 Å². The summed E-state index contributed by atoms with van der Waals surface area (Å²) in [6.07, 6.45) is 0.103. The third-order valence-corrected chi connectivity index (χ3v) is 7.81. The van der Waals surface area contributed by atoms with E-state index in [2.05, 4.69) is 0 Å². The number of carbonyl (C=O) groups is 3. The number of nitrogens with zero attached hydrogens (tertiary/aromatic N) is 2. The van der Waals surface area contributed by atoms with Crippen LogP contribution < -0.4 is 10.6 Å². The third kappa shape index (κ3) is 5.44. The molecule has 1 heterocycles. The summed E-state index contributed by atoms with van der Waals surface area (Å²) in [7, 11) is 0. The number of nitrogens with two attached hydrogens (primary N) is 1. The van der Waals surface area contributed by atoms with Crippen molar-refractivity contribution < 1.29 is 33.2 Å². The van der Waals surface area contributed by atoms with Gasteiger partial charge in [0.1, 0.15) is 17.6 Å². The standard InChI is InChI=1S/C33H30FN3O7/c1-3-43-32(39)27-24(19-9-6-5-7-10-19)18-25-28(30(27)38)26(20-13-15-22(16-14-20)37(41)42)29(33(40)44-4-2)31(35)36(25)23-12-8-11-21(34)17-23/h5-17,24,26-27H,3-4,18,35H2,1-2H3/t24-,26+,27-/m1/s1. The molecule has 0 radical (unpaired) electrons. The number of nitro groups is 1. The van der Waals surface area contributed by atoms with Gasteiger partial charge in [0, 0.05) is 29.3 Å². The number of halogens is 1. The zero-order valence-corrected chi connectivity index (χ0v) is 24.1. The number of rotatable bonds is 8. The molecule has 0 bridgehead atoms. The monoisotopic (exact) mass is 599 g/mol. The minimum absolute atomic E-state index is 0.00998. The van der Waals surface area contributed by atoms with Gasteiger partial charge in [0.15, 0.2) is 5.78 Å². The number of esters is 2. The van der Waals surface area contributed by atoms with Crippen LogP contribution in [0.15, 0.2) is 102 Å². The van der Waals surface area contributed by atoms with E-state index in [-0.39, 0.29) is 48.0 Å². The Balaban J connectivity index is 1.82. The molecule has 10 nitrogen and oxygen atoms in total. The molecule has 2 N–H and O–H groups in total. The predicted molar refractivity (Wildman–Crippen MR) is 159 cm³/mol. The molecule has 1 aliphatic heterocycles. The van der Waals surface area contributed by atoms with Crippen LogP contribution in [-0.2, 0) is 23.9 Å². The van der Waals surface area contributed by atoms with E-state index < -0.39 is 46.2 Å². The number of ether oxygens (including phenoxy) is 2. The Morgan fingerprint density at radius 2 is 1.66 bits per heavy atom. The van der Waals surface area contributed by atoms with Gasteiger partial charge in [0.25, 0.3) is 5.69 Å². The van der Waals surface area contributed by atoms with Crippen molar-refractivity contribution in [3.63, 3.8) is 0 Å². The zero-order valence-electron chi connectivity index (χ0n) is 24.1. The molecular weight excluding hydrogens is 569 g/mol. The number of hydrogen-bond donors (Lipinski definition) is 1. The lowest BCUT2D eigenvalue weighted by Crippen LogP contribution is -2.46. The van der Waals surface area contributed by atoms with Gasteiger partial charge < -0.3 is 15.2 Å². The van der Waals surface area contributed by atoms with Gasteiger partial charge in [-0.3, -0.25) is 24.6 Å². The summed E-state index contributed by atoms with van der Waals surface area (Å²) < 4.78 is 25.4. The van der Waals surface area contributed by atoms with Crippen molar-refractivity contribution in [2.24, 2.45) is 11.7 Å². The van der Waals surface area contributed by atoms with Gasteiger partial charge in [-0.2, -0.15) is 0 Å². The van der Waals surface area contributed by atoms with E-state index in [9.17, 15) is 28.9 Å². The van der Waals surface area contributed by atoms with E-state index in [0.29, 0.717) is 16.8 Å². The minimum atomic E-state index is -1.27. The van der Waals surface area contributed by atoms with E-state index in [1.54, 1.807) is 32.0 Å². The van der Waals surface area contributed by atoms with Crippen LogP contribution in [0.1, 0.15) is 43.2 Å². The second-order valence-electron chi connectivity index (χ2n) is 10.3. The quantitative estimate of drug-likeness (QED) is 0.159. The largest absolute Gasteiger partial charge is 0.465 e. The van der Waals surface area contributed by atoms with Crippen molar-refractivity contribution in [3.8, 4) is 0 Å². The molecule has 3 atom stereocenters. The SMILES string of the molecule is CCOC(=O)C1=C(N)N(c2cccc(F)c2)C2=C(C(=O)[C@H](C(=O)OCC)[C@@H](c3ccccc3)C2)[C@@H]1c1ccc([N+](=O)[O-])cc1. The highest BCUT2D eigenvalue weighted by Crippen LogP contribution is 2.51. The number of ketones is 1. The molecule has 0 saturated carbocycles. The molecule has 0 spiro atoms. The average Bonchev–Trinajstić information content (AvgIpc) is 3.01. The highest BCUT2D eigenvalue weighted by atomic mass is 19.1. The fourth-order valence-corrected chi connectivity index (χ4v) is 5.98. The Kier molecular flexibility index (Phi) is 8.57. The van der Waals surface area contributed by atoms with Crippen molar-refractivity contribution in [3.05, 3.63) is 129 Å². The fourth-order valence-electron chi connectivity index (χ4n) is 5.98. The Bertz CT molecular complexity index is 1680. The molecule has 3 aromatic carbocycles. The molecule has 5 rings (SSSR count). The number of nitro benzene ring substituents is 1. The van der Waals surface area contributed by atoms with Crippen molar-refractivity contribution in [1.29, 1.82) is 0 Å². The molecule has 0 amide bonds. The van der Waals surface area contributed by atoms with Gasteiger partial charge in [-0.05, 0) is 49.6 Å². The van der Waals surface area contributed by atoms with E-state index in [0.717, 1.165) is 0 Å². The van der Waals surface area contributed by atoms with E-state index >= 15 is 0 Å². The summed E-state index contributed by atoms with van der Waals surface area (Å²) in [4.78, 5) is 54.1. The van der Waals surface area contributed by atoms with Crippen LogP contribution in [0.25, 0.3) is 0 Å². The van der Waals surface area contributed by atoms with Crippen LogP contribution in [0.4, 0.5) is 15.8 Å². The number of carbonyl (C=O) groups excluding carboxylic acids is 3. The molecule has 11 heteroatoms. The van der Waals surface area contributed by atoms with Crippen LogP contribution >= 0.6 is 0 Å². The van der Waals surface area contributed by atoms with Gasteiger partial charge in [0.2, 0.25) is 0 Å². The maximum Gasteiger partial charge on any atom is 0.338 e. The zero-order chi connectivity index (χ0) is 31.5. The molecule has 1 aliphatic carbocycles. The van der Waals surface area contributed by atoms with Crippen molar-refractivity contribution in [2.45, 2.75) is 32.1 Å². The molecule has 0 fully saturated rings. The molecule has 0 unspecified atom stereocenters. The first kappa shape index (κ1) is 30.1. The lowest BCUT2D eigenvalue weighted by molar-refractivity contribution is -0.384. The summed E-state index contributed by atoms with van der Waals surface area (Å²) in [5, 5.41) is 11.4. The van der Waals surface area contributed by atoms with Gasteiger partial charge in [-0.1, -0.05) is 48.5 Å². The average molecular weight is 600 g/mol. The maximum atomic E-state index is 14.7. The minimum Gasteiger partial charge on any atom is -0.465 e. The molecular formula is C33H30FN3O7. The van der Waals surface area contributed by atoms with Crippen molar-refractivity contribution >= 4 is 29.1 Å². The van der Waals surface area contributed by atoms with E-state index in [1.807, 2.05) is 18.2 Å². The van der Waals surface area contributed by atoms with Crippen molar-refractivity contribution in [2.75, 3.05) is 18.1 Å². The fraction of sp³-hybridized carbons (Fsp3) is 0.242. The highest BCUT2D eigenvalue weighted by Gasteiger charge is 2.51. The van der Waals surface area contributed by atoms with Crippen LogP contribution in [-0.4, -0.2) is 35.9 Å². The topological polar surface area (TPSA) is 142 Å². The third-order valence-electron chi connectivity index (χ3n) is 7.81.